The van der Waals surface area contributed by atoms with Crippen LogP contribution in [0.3, 0.4) is 0 Å². The van der Waals surface area contributed by atoms with E-state index in [1.165, 1.54) is 0 Å². The minimum absolute atomic E-state index is 0.0953. The Hall–Kier alpha value is -1.40. The Morgan fingerprint density at radius 1 is 1.50 bits per heavy atom. The van der Waals surface area contributed by atoms with E-state index in [0.29, 0.717) is 12.5 Å². The normalized spacial score (nSPS) is 18.9. The van der Waals surface area contributed by atoms with Crippen LogP contribution in [-0.4, -0.2) is 72.2 Å². The Kier molecular flexibility index (Phi) is 6.39. The molecule has 1 aromatic rings. The van der Waals surface area contributed by atoms with Crippen molar-refractivity contribution in [1.29, 1.82) is 0 Å². The van der Waals surface area contributed by atoms with Gasteiger partial charge in [-0.05, 0) is 33.9 Å². The number of aromatic nitrogens is 2. The fourth-order valence-corrected chi connectivity index (χ4v) is 2.87. The Balaban J connectivity index is 1.97. The predicted molar refractivity (Wildman–Crippen MR) is 85.8 cm³/mol. The summed E-state index contributed by atoms with van der Waals surface area (Å²) in [6.07, 6.45) is 6.03. The molecule has 0 saturated carbocycles. The van der Waals surface area contributed by atoms with E-state index in [0.717, 1.165) is 44.8 Å². The monoisotopic (exact) mass is 308 g/mol. The standard InChI is InChI=1S/C16H28N4O2/c1-4-22-13-15(21)20-8-5-6-14(12-20)16-17-7-9-19(16)11-10-18(2)3/h7,9,14H,4-6,8,10-13H2,1-3H3. The Morgan fingerprint density at radius 2 is 2.32 bits per heavy atom. The van der Waals surface area contributed by atoms with Crippen LogP contribution in [0.4, 0.5) is 0 Å². The van der Waals surface area contributed by atoms with Gasteiger partial charge in [-0.2, -0.15) is 0 Å². The second kappa shape index (κ2) is 8.29. The third-order valence-corrected chi connectivity index (χ3v) is 4.10. The number of imidazole rings is 1. The number of hydrogen-bond acceptors (Lipinski definition) is 4. The van der Waals surface area contributed by atoms with E-state index in [1.807, 2.05) is 24.2 Å². The van der Waals surface area contributed by atoms with Gasteiger partial charge in [0, 0.05) is 51.1 Å². The van der Waals surface area contributed by atoms with Crippen LogP contribution in [0.2, 0.25) is 0 Å². The maximum Gasteiger partial charge on any atom is 0.248 e. The molecule has 1 amide bonds. The molecule has 2 rings (SSSR count). The zero-order valence-electron chi connectivity index (χ0n) is 14.0. The smallest absolute Gasteiger partial charge is 0.248 e. The van der Waals surface area contributed by atoms with Crippen molar-refractivity contribution in [2.24, 2.45) is 0 Å². The molecule has 124 valence electrons. The number of carbonyl (C=O) groups is 1. The first-order valence-corrected chi connectivity index (χ1v) is 8.13. The Bertz CT molecular complexity index is 472. The zero-order chi connectivity index (χ0) is 15.9. The number of amides is 1. The fraction of sp³-hybridized carbons (Fsp3) is 0.750. The van der Waals surface area contributed by atoms with Gasteiger partial charge in [-0.1, -0.05) is 0 Å². The largest absolute Gasteiger partial charge is 0.372 e. The summed E-state index contributed by atoms with van der Waals surface area (Å²) in [6.45, 7) is 6.20. The van der Waals surface area contributed by atoms with Gasteiger partial charge in [0.2, 0.25) is 5.91 Å². The molecule has 0 N–H and O–H groups in total. The Labute approximate surface area is 133 Å². The van der Waals surface area contributed by atoms with Crippen LogP contribution in [0.25, 0.3) is 0 Å². The van der Waals surface area contributed by atoms with Gasteiger partial charge in [0.25, 0.3) is 0 Å². The highest BCUT2D eigenvalue weighted by Gasteiger charge is 2.27. The average molecular weight is 308 g/mol. The summed E-state index contributed by atoms with van der Waals surface area (Å²) in [6, 6.07) is 0. The summed E-state index contributed by atoms with van der Waals surface area (Å²) in [5, 5.41) is 0. The lowest BCUT2D eigenvalue weighted by molar-refractivity contribution is -0.137. The summed E-state index contributed by atoms with van der Waals surface area (Å²) in [4.78, 5) is 20.8. The summed E-state index contributed by atoms with van der Waals surface area (Å²) in [7, 11) is 4.15. The van der Waals surface area contributed by atoms with E-state index >= 15 is 0 Å². The summed E-state index contributed by atoms with van der Waals surface area (Å²) < 4.78 is 7.47. The first-order valence-electron chi connectivity index (χ1n) is 8.13. The molecule has 6 heteroatoms. The van der Waals surface area contributed by atoms with Crippen molar-refractivity contribution < 1.29 is 9.53 Å². The number of likely N-dealkylation sites (tertiary alicyclic amines) is 1. The highest BCUT2D eigenvalue weighted by molar-refractivity contribution is 5.77. The average Bonchev–Trinajstić information content (AvgIpc) is 2.99. The predicted octanol–water partition coefficient (Wildman–Crippen LogP) is 1.19. The lowest BCUT2D eigenvalue weighted by atomic mass is 9.97. The van der Waals surface area contributed by atoms with Gasteiger partial charge in [0.1, 0.15) is 12.4 Å². The molecule has 2 heterocycles. The van der Waals surface area contributed by atoms with Gasteiger partial charge >= 0.3 is 0 Å². The molecule has 0 aromatic carbocycles. The van der Waals surface area contributed by atoms with Gasteiger partial charge in [0.05, 0.1) is 0 Å². The van der Waals surface area contributed by atoms with E-state index in [2.05, 4.69) is 28.5 Å². The molecule has 1 aromatic heterocycles. The lowest BCUT2D eigenvalue weighted by Gasteiger charge is -2.32. The number of rotatable bonds is 7. The topological polar surface area (TPSA) is 50.6 Å². The molecule has 1 fully saturated rings. The summed E-state index contributed by atoms with van der Waals surface area (Å²) in [5.41, 5.74) is 0. The quantitative estimate of drug-likeness (QED) is 0.759. The van der Waals surface area contributed by atoms with Crippen molar-refractivity contribution in [2.75, 3.05) is 46.9 Å². The van der Waals surface area contributed by atoms with E-state index in [1.54, 1.807) is 0 Å². The SMILES string of the molecule is CCOCC(=O)N1CCCC(c2nccn2CCN(C)C)C1. The van der Waals surface area contributed by atoms with Crippen molar-refractivity contribution in [3.8, 4) is 0 Å². The van der Waals surface area contributed by atoms with Gasteiger partial charge < -0.3 is 19.1 Å². The molecule has 0 aliphatic carbocycles. The van der Waals surface area contributed by atoms with E-state index in [9.17, 15) is 4.79 Å². The van der Waals surface area contributed by atoms with Crippen LogP contribution in [0, 0.1) is 0 Å². The van der Waals surface area contributed by atoms with Crippen LogP contribution in [-0.2, 0) is 16.1 Å². The van der Waals surface area contributed by atoms with Crippen molar-refractivity contribution >= 4 is 5.91 Å². The highest BCUT2D eigenvalue weighted by Crippen LogP contribution is 2.25. The van der Waals surface area contributed by atoms with Crippen LogP contribution < -0.4 is 0 Å². The minimum Gasteiger partial charge on any atom is -0.372 e. The molecule has 1 aliphatic rings. The van der Waals surface area contributed by atoms with Crippen molar-refractivity contribution in [3.63, 3.8) is 0 Å². The number of ether oxygens (including phenoxy) is 1. The molecule has 1 saturated heterocycles. The number of likely N-dealkylation sites (N-methyl/N-ethyl adjacent to an activating group) is 1. The molecule has 1 unspecified atom stereocenters. The van der Waals surface area contributed by atoms with E-state index in [-0.39, 0.29) is 12.5 Å². The number of piperidine rings is 1. The van der Waals surface area contributed by atoms with E-state index < -0.39 is 0 Å². The van der Waals surface area contributed by atoms with Gasteiger partial charge in [-0.3, -0.25) is 4.79 Å². The van der Waals surface area contributed by atoms with Crippen molar-refractivity contribution in [1.82, 2.24) is 19.4 Å². The lowest BCUT2D eigenvalue weighted by Crippen LogP contribution is -2.41. The molecular weight excluding hydrogens is 280 g/mol. The third kappa shape index (κ3) is 4.55. The second-order valence-corrected chi connectivity index (χ2v) is 6.10. The first-order chi connectivity index (χ1) is 10.6. The minimum atomic E-state index is 0.0953. The maximum absolute atomic E-state index is 12.1. The molecule has 6 nitrogen and oxygen atoms in total. The van der Waals surface area contributed by atoms with Gasteiger partial charge in [0.15, 0.2) is 0 Å². The molecule has 0 bridgehead atoms. The number of nitrogens with zero attached hydrogens (tertiary/aromatic N) is 4. The fourth-order valence-electron chi connectivity index (χ4n) is 2.87. The third-order valence-electron chi connectivity index (χ3n) is 4.10. The van der Waals surface area contributed by atoms with Crippen molar-refractivity contribution in [3.05, 3.63) is 18.2 Å². The van der Waals surface area contributed by atoms with Gasteiger partial charge in [-0.15, -0.1) is 0 Å². The summed E-state index contributed by atoms with van der Waals surface area (Å²) >= 11 is 0. The molecule has 0 spiro atoms. The molecule has 1 aliphatic heterocycles. The highest BCUT2D eigenvalue weighted by atomic mass is 16.5. The number of carbonyl (C=O) groups excluding carboxylic acids is 1. The van der Waals surface area contributed by atoms with Crippen LogP contribution in [0.5, 0.6) is 0 Å². The molecule has 22 heavy (non-hydrogen) atoms. The number of hydrogen-bond donors (Lipinski definition) is 0. The van der Waals surface area contributed by atoms with Crippen molar-refractivity contribution in [2.45, 2.75) is 32.2 Å². The van der Waals surface area contributed by atoms with Gasteiger partial charge in [-0.25, -0.2) is 4.98 Å². The van der Waals surface area contributed by atoms with Crippen LogP contribution >= 0.6 is 0 Å². The maximum atomic E-state index is 12.1. The van der Waals surface area contributed by atoms with Crippen LogP contribution in [0.1, 0.15) is 31.5 Å². The first kappa shape index (κ1) is 17.0. The molecule has 0 radical (unpaired) electrons. The second-order valence-electron chi connectivity index (χ2n) is 6.10. The zero-order valence-corrected chi connectivity index (χ0v) is 14.0. The van der Waals surface area contributed by atoms with Crippen LogP contribution in [0.15, 0.2) is 12.4 Å². The molecular formula is C16H28N4O2. The Morgan fingerprint density at radius 3 is 3.05 bits per heavy atom. The summed E-state index contributed by atoms with van der Waals surface area (Å²) in [5.74, 6) is 1.53. The molecule has 1 atom stereocenters. The van der Waals surface area contributed by atoms with E-state index in [4.69, 9.17) is 4.74 Å².